The maximum atomic E-state index is 12.6. The van der Waals surface area contributed by atoms with Crippen LogP contribution in [0.25, 0.3) is 0 Å². The van der Waals surface area contributed by atoms with E-state index in [0.29, 0.717) is 26.3 Å². The monoisotopic (exact) mass is 346 g/mol. The second kappa shape index (κ2) is 7.88. The highest BCUT2D eigenvalue weighted by Crippen LogP contribution is 2.31. The summed E-state index contributed by atoms with van der Waals surface area (Å²) in [6, 6.07) is 9.39. The van der Waals surface area contributed by atoms with E-state index >= 15 is 0 Å². The van der Waals surface area contributed by atoms with E-state index in [-0.39, 0.29) is 12.1 Å². The number of carbonyl (C=O) groups is 1. The van der Waals surface area contributed by atoms with E-state index in [4.69, 9.17) is 9.47 Å². The molecule has 1 aliphatic heterocycles. The van der Waals surface area contributed by atoms with Gasteiger partial charge in [-0.1, -0.05) is 30.3 Å². The van der Waals surface area contributed by atoms with Crippen LogP contribution in [-0.4, -0.2) is 42.2 Å². The average molecular weight is 346 g/mol. The van der Waals surface area contributed by atoms with Gasteiger partial charge in [0.1, 0.15) is 17.2 Å². The highest BCUT2D eigenvalue weighted by molar-refractivity contribution is 7.09. The Kier molecular flexibility index (Phi) is 5.60. The van der Waals surface area contributed by atoms with Gasteiger partial charge < -0.3 is 9.47 Å². The maximum absolute atomic E-state index is 12.6. The molecule has 0 saturated carbocycles. The Hall–Kier alpha value is -1.76. The normalized spacial score (nSPS) is 19.8. The largest absolute Gasteiger partial charge is 0.465 e. The van der Waals surface area contributed by atoms with Gasteiger partial charge in [-0.05, 0) is 19.4 Å². The van der Waals surface area contributed by atoms with Crippen molar-refractivity contribution in [3.8, 4) is 0 Å². The van der Waals surface area contributed by atoms with E-state index in [1.165, 1.54) is 0 Å². The van der Waals surface area contributed by atoms with E-state index < -0.39 is 6.04 Å². The van der Waals surface area contributed by atoms with E-state index in [1.807, 2.05) is 49.6 Å². The van der Waals surface area contributed by atoms with Crippen molar-refractivity contribution in [1.29, 1.82) is 0 Å². The summed E-state index contributed by atoms with van der Waals surface area (Å²) in [6.07, 6.45) is -0.0990. The third kappa shape index (κ3) is 3.83. The van der Waals surface area contributed by atoms with Gasteiger partial charge >= 0.3 is 5.97 Å². The molecule has 0 spiro atoms. The standard InChI is InChI=1S/C18H22N2O3S/c1-3-22-18(21)16(14-7-5-4-6-8-14)20-9-10-23-15(11-20)17-19-13(2)12-24-17/h4-8,12,15-16H,3,9-11H2,1-2H3/t15-,16-/m1/s1. The minimum Gasteiger partial charge on any atom is -0.465 e. The molecule has 0 aliphatic carbocycles. The first-order chi connectivity index (χ1) is 11.7. The predicted molar refractivity (Wildman–Crippen MR) is 92.9 cm³/mol. The number of esters is 1. The van der Waals surface area contributed by atoms with Crippen LogP contribution in [0.5, 0.6) is 0 Å². The fourth-order valence-corrected chi connectivity index (χ4v) is 3.76. The van der Waals surface area contributed by atoms with Gasteiger partial charge in [-0.3, -0.25) is 4.90 Å². The number of thiazole rings is 1. The lowest BCUT2D eigenvalue weighted by Gasteiger charge is -2.36. The summed E-state index contributed by atoms with van der Waals surface area (Å²) in [4.78, 5) is 19.2. The lowest BCUT2D eigenvalue weighted by Crippen LogP contribution is -2.44. The van der Waals surface area contributed by atoms with Crippen molar-refractivity contribution in [3.63, 3.8) is 0 Å². The number of benzene rings is 1. The van der Waals surface area contributed by atoms with Crippen LogP contribution >= 0.6 is 11.3 Å². The Labute approximate surface area is 146 Å². The quantitative estimate of drug-likeness (QED) is 0.779. The molecule has 6 heteroatoms. The van der Waals surface area contributed by atoms with Crippen LogP contribution in [-0.2, 0) is 14.3 Å². The molecule has 2 heterocycles. The summed E-state index contributed by atoms with van der Waals surface area (Å²) < 4.78 is 11.2. The molecule has 0 amide bonds. The molecule has 0 radical (unpaired) electrons. The van der Waals surface area contributed by atoms with Crippen molar-refractivity contribution in [2.24, 2.45) is 0 Å². The first kappa shape index (κ1) is 17.1. The first-order valence-corrected chi connectivity index (χ1v) is 9.06. The molecule has 24 heavy (non-hydrogen) atoms. The third-order valence-corrected chi connectivity index (χ3v) is 5.06. The van der Waals surface area contributed by atoms with Crippen LogP contribution in [0, 0.1) is 6.92 Å². The number of morpholine rings is 1. The number of aryl methyl sites for hydroxylation is 1. The minimum absolute atomic E-state index is 0.0990. The van der Waals surface area contributed by atoms with Crippen molar-refractivity contribution < 1.29 is 14.3 Å². The summed E-state index contributed by atoms with van der Waals surface area (Å²) >= 11 is 1.61. The lowest BCUT2D eigenvalue weighted by atomic mass is 10.0. The van der Waals surface area contributed by atoms with Crippen molar-refractivity contribution >= 4 is 17.3 Å². The number of hydrogen-bond donors (Lipinski definition) is 0. The topological polar surface area (TPSA) is 51.7 Å². The van der Waals surface area contributed by atoms with Gasteiger partial charge in [-0.15, -0.1) is 11.3 Å². The maximum Gasteiger partial charge on any atom is 0.328 e. The highest BCUT2D eigenvalue weighted by atomic mass is 32.1. The van der Waals surface area contributed by atoms with Crippen LogP contribution in [0.4, 0.5) is 0 Å². The number of hydrogen-bond acceptors (Lipinski definition) is 6. The second-order valence-electron chi connectivity index (χ2n) is 5.75. The molecule has 0 unspecified atom stereocenters. The van der Waals surface area contributed by atoms with Crippen molar-refractivity contribution in [2.45, 2.75) is 26.0 Å². The van der Waals surface area contributed by atoms with Crippen molar-refractivity contribution in [1.82, 2.24) is 9.88 Å². The highest BCUT2D eigenvalue weighted by Gasteiger charge is 2.34. The van der Waals surface area contributed by atoms with Crippen LogP contribution in [0.3, 0.4) is 0 Å². The van der Waals surface area contributed by atoms with Crippen LogP contribution in [0.15, 0.2) is 35.7 Å². The molecule has 2 aromatic rings. The Morgan fingerprint density at radius 3 is 2.92 bits per heavy atom. The molecular formula is C18H22N2O3S. The molecule has 1 aromatic carbocycles. The summed E-state index contributed by atoms with van der Waals surface area (Å²) in [7, 11) is 0. The Morgan fingerprint density at radius 1 is 1.46 bits per heavy atom. The van der Waals surface area contributed by atoms with E-state index in [0.717, 1.165) is 16.3 Å². The van der Waals surface area contributed by atoms with Crippen molar-refractivity contribution in [2.75, 3.05) is 26.3 Å². The van der Waals surface area contributed by atoms with E-state index in [9.17, 15) is 4.79 Å². The summed E-state index contributed by atoms with van der Waals surface area (Å²) in [6.45, 7) is 6.09. The number of aromatic nitrogens is 1. The smallest absolute Gasteiger partial charge is 0.328 e. The Morgan fingerprint density at radius 2 is 2.25 bits per heavy atom. The third-order valence-electron chi connectivity index (χ3n) is 4.00. The zero-order valence-corrected chi connectivity index (χ0v) is 14.8. The molecule has 0 bridgehead atoms. The van der Waals surface area contributed by atoms with Gasteiger partial charge in [0.05, 0.1) is 13.2 Å². The average Bonchev–Trinajstić information content (AvgIpc) is 3.03. The molecular weight excluding hydrogens is 324 g/mol. The van der Waals surface area contributed by atoms with Crippen LogP contribution in [0.1, 0.15) is 35.3 Å². The number of carbonyl (C=O) groups excluding carboxylic acids is 1. The molecule has 2 atom stereocenters. The number of ether oxygens (including phenoxy) is 2. The number of nitrogens with zero attached hydrogens (tertiary/aromatic N) is 2. The molecule has 1 fully saturated rings. The van der Waals surface area contributed by atoms with E-state index in [1.54, 1.807) is 11.3 Å². The van der Waals surface area contributed by atoms with Gasteiger partial charge in [-0.25, -0.2) is 9.78 Å². The first-order valence-electron chi connectivity index (χ1n) is 8.18. The van der Waals surface area contributed by atoms with Gasteiger partial charge in [0.25, 0.3) is 0 Å². The Bertz CT molecular complexity index is 674. The van der Waals surface area contributed by atoms with Crippen LogP contribution in [0.2, 0.25) is 0 Å². The SMILES string of the molecule is CCOC(=O)[C@@H](c1ccccc1)N1CCO[C@@H](c2nc(C)cs2)C1. The summed E-state index contributed by atoms with van der Waals surface area (Å²) in [5.74, 6) is -0.209. The molecule has 3 rings (SSSR count). The Balaban J connectivity index is 1.82. The molecule has 1 aliphatic rings. The minimum atomic E-state index is -0.404. The van der Waals surface area contributed by atoms with E-state index in [2.05, 4.69) is 9.88 Å². The zero-order valence-electron chi connectivity index (χ0n) is 14.0. The molecule has 0 N–H and O–H groups in total. The molecule has 128 valence electrons. The number of rotatable bonds is 5. The zero-order chi connectivity index (χ0) is 16.9. The van der Waals surface area contributed by atoms with Gasteiger partial charge in [-0.2, -0.15) is 0 Å². The van der Waals surface area contributed by atoms with Gasteiger partial charge in [0.2, 0.25) is 0 Å². The summed E-state index contributed by atoms with van der Waals surface area (Å²) in [5.41, 5.74) is 1.95. The summed E-state index contributed by atoms with van der Waals surface area (Å²) in [5, 5.41) is 2.99. The predicted octanol–water partition coefficient (Wildman–Crippen LogP) is 3.13. The van der Waals surface area contributed by atoms with Gasteiger partial charge in [0.15, 0.2) is 0 Å². The molecule has 1 saturated heterocycles. The van der Waals surface area contributed by atoms with Gasteiger partial charge in [0, 0.05) is 24.2 Å². The lowest BCUT2D eigenvalue weighted by molar-refractivity contribution is -0.153. The fourth-order valence-electron chi connectivity index (χ4n) is 2.93. The fraction of sp³-hybridized carbons (Fsp3) is 0.444. The second-order valence-corrected chi connectivity index (χ2v) is 6.64. The molecule has 5 nitrogen and oxygen atoms in total. The van der Waals surface area contributed by atoms with Crippen molar-refractivity contribution in [3.05, 3.63) is 52.0 Å². The molecule has 1 aromatic heterocycles. The van der Waals surface area contributed by atoms with Crippen LogP contribution < -0.4 is 0 Å².